The molecule has 2 nitrogen and oxygen atoms in total. The van der Waals surface area contributed by atoms with E-state index >= 15 is 0 Å². The van der Waals surface area contributed by atoms with Gasteiger partial charge in [-0.3, -0.25) is 4.90 Å². The number of piperidine rings is 1. The van der Waals surface area contributed by atoms with Crippen LogP contribution < -0.4 is 5.32 Å². The van der Waals surface area contributed by atoms with Crippen molar-refractivity contribution in [3.8, 4) is 0 Å². The lowest BCUT2D eigenvalue weighted by molar-refractivity contribution is 0.112. The number of nitrogens with zero attached hydrogens (tertiary/aromatic N) is 1. The number of benzene rings is 1. The fourth-order valence-electron chi connectivity index (χ4n) is 3.58. The topological polar surface area (TPSA) is 15.3 Å². The average Bonchev–Trinajstić information content (AvgIpc) is 2.97. The van der Waals surface area contributed by atoms with E-state index in [9.17, 15) is 0 Å². The molecule has 0 amide bonds. The molecule has 2 unspecified atom stereocenters. The van der Waals surface area contributed by atoms with Crippen LogP contribution >= 0.6 is 27.5 Å². The molecule has 0 saturated carbocycles. The maximum absolute atomic E-state index is 6.09. The standard InChI is InChI=1S/C16H22BrClN2/c17-13-10-12(6-7-14(13)18)11-20-9-2-1-5-16(20)15-4-3-8-19-15/h6-7,10,15-16,19H,1-5,8-9,11H2. The summed E-state index contributed by atoms with van der Waals surface area (Å²) in [5.41, 5.74) is 1.35. The van der Waals surface area contributed by atoms with Crippen molar-refractivity contribution in [3.05, 3.63) is 33.3 Å². The molecule has 2 fully saturated rings. The van der Waals surface area contributed by atoms with Crippen molar-refractivity contribution in [3.63, 3.8) is 0 Å². The Labute approximate surface area is 135 Å². The zero-order valence-corrected chi connectivity index (χ0v) is 14.1. The number of halogens is 2. The van der Waals surface area contributed by atoms with E-state index in [1.165, 1.54) is 50.8 Å². The van der Waals surface area contributed by atoms with Crippen LogP contribution in [-0.4, -0.2) is 30.1 Å². The molecule has 20 heavy (non-hydrogen) atoms. The average molecular weight is 358 g/mol. The van der Waals surface area contributed by atoms with E-state index in [0.29, 0.717) is 12.1 Å². The summed E-state index contributed by atoms with van der Waals surface area (Å²) in [5.74, 6) is 0. The monoisotopic (exact) mass is 356 g/mol. The first-order valence-electron chi connectivity index (χ1n) is 7.65. The molecule has 0 aromatic heterocycles. The minimum absolute atomic E-state index is 0.700. The SMILES string of the molecule is Clc1ccc(CN2CCCCC2C2CCCN2)cc1Br. The van der Waals surface area contributed by atoms with Crippen LogP contribution in [0.5, 0.6) is 0 Å². The Morgan fingerprint density at radius 2 is 2.15 bits per heavy atom. The Balaban J connectivity index is 1.71. The molecule has 2 saturated heterocycles. The van der Waals surface area contributed by atoms with E-state index in [1.807, 2.05) is 6.07 Å². The highest BCUT2D eigenvalue weighted by atomic mass is 79.9. The molecular formula is C16H22BrClN2. The highest BCUT2D eigenvalue weighted by Gasteiger charge is 2.31. The smallest absolute Gasteiger partial charge is 0.0548 e. The second-order valence-electron chi connectivity index (χ2n) is 5.98. The van der Waals surface area contributed by atoms with Gasteiger partial charge in [-0.1, -0.05) is 24.1 Å². The van der Waals surface area contributed by atoms with E-state index in [-0.39, 0.29) is 0 Å². The van der Waals surface area contributed by atoms with Gasteiger partial charge in [-0.15, -0.1) is 0 Å². The molecule has 110 valence electrons. The van der Waals surface area contributed by atoms with Crippen LogP contribution in [0.25, 0.3) is 0 Å². The predicted octanol–water partition coefficient (Wildman–Crippen LogP) is 4.21. The zero-order valence-electron chi connectivity index (χ0n) is 11.7. The van der Waals surface area contributed by atoms with Crippen molar-refractivity contribution in [1.82, 2.24) is 10.2 Å². The Kier molecular flexibility index (Phi) is 5.03. The first-order valence-corrected chi connectivity index (χ1v) is 8.82. The highest BCUT2D eigenvalue weighted by Crippen LogP contribution is 2.28. The molecular weight excluding hydrogens is 336 g/mol. The van der Waals surface area contributed by atoms with Crippen molar-refractivity contribution in [1.29, 1.82) is 0 Å². The molecule has 1 N–H and O–H groups in total. The van der Waals surface area contributed by atoms with Crippen LogP contribution in [0.15, 0.2) is 22.7 Å². The van der Waals surface area contributed by atoms with E-state index in [4.69, 9.17) is 11.6 Å². The number of rotatable bonds is 3. The molecule has 1 aromatic carbocycles. The van der Waals surface area contributed by atoms with Crippen molar-refractivity contribution < 1.29 is 0 Å². The maximum Gasteiger partial charge on any atom is 0.0548 e. The molecule has 0 radical (unpaired) electrons. The van der Waals surface area contributed by atoms with Crippen LogP contribution in [-0.2, 0) is 6.54 Å². The van der Waals surface area contributed by atoms with Gasteiger partial charge in [-0.25, -0.2) is 0 Å². The quantitative estimate of drug-likeness (QED) is 0.872. The number of likely N-dealkylation sites (tertiary alicyclic amines) is 1. The summed E-state index contributed by atoms with van der Waals surface area (Å²) >= 11 is 9.61. The van der Waals surface area contributed by atoms with Gasteiger partial charge in [0.15, 0.2) is 0 Å². The second-order valence-corrected chi connectivity index (χ2v) is 7.25. The molecule has 2 aliphatic rings. The van der Waals surface area contributed by atoms with Crippen LogP contribution in [0.1, 0.15) is 37.7 Å². The fourth-order valence-corrected chi connectivity index (χ4v) is 4.12. The first-order chi connectivity index (χ1) is 9.74. The third-order valence-corrected chi connectivity index (χ3v) is 5.81. The van der Waals surface area contributed by atoms with Gasteiger partial charge in [-0.2, -0.15) is 0 Å². The van der Waals surface area contributed by atoms with Crippen molar-refractivity contribution >= 4 is 27.5 Å². The summed E-state index contributed by atoms with van der Waals surface area (Å²) in [5, 5.41) is 4.48. The minimum atomic E-state index is 0.700. The van der Waals surface area contributed by atoms with E-state index in [1.54, 1.807) is 0 Å². The lowest BCUT2D eigenvalue weighted by Gasteiger charge is -2.39. The summed E-state index contributed by atoms with van der Waals surface area (Å²) in [6.45, 7) is 3.46. The van der Waals surface area contributed by atoms with E-state index in [0.717, 1.165) is 16.0 Å². The van der Waals surface area contributed by atoms with Crippen molar-refractivity contribution in [2.24, 2.45) is 0 Å². The van der Waals surface area contributed by atoms with Crippen LogP contribution in [0.2, 0.25) is 5.02 Å². The van der Waals surface area contributed by atoms with Gasteiger partial charge >= 0.3 is 0 Å². The Hall–Kier alpha value is -0.0900. The lowest BCUT2D eigenvalue weighted by Crippen LogP contribution is -2.49. The Bertz CT molecular complexity index is 460. The summed E-state index contributed by atoms with van der Waals surface area (Å²) in [6, 6.07) is 7.72. The molecule has 2 heterocycles. The third-order valence-electron chi connectivity index (χ3n) is 4.60. The van der Waals surface area contributed by atoms with Crippen molar-refractivity contribution in [2.45, 2.75) is 50.7 Å². The van der Waals surface area contributed by atoms with Gasteiger partial charge in [0.2, 0.25) is 0 Å². The molecule has 4 heteroatoms. The first kappa shape index (κ1) is 14.8. The van der Waals surface area contributed by atoms with Gasteiger partial charge in [0.05, 0.1) is 5.02 Å². The Morgan fingerprint density at radius 3 is 2.90 bits per heavy atom. The van der Waals surface area contributed by atoms with E-state index in [2.05, 4.69) is 38.3 Å². The Morgan fingerprint density at radius 1 is 1.25 bits per heavy atom. The molecule has 1 aromatic rings. The normalized spacial score (nSPS) is 27.9. The molecule has 0 spiro atoms. The molecule has 0 bridgehead atoms. The van der Waals surface area contributed by atoms with Gasteiger partial charge in [0, 0.05) is 23.1 Å². The van der Waals surface area contributed by atoms with Crippen LogP contribution in [0, 0.1) is 0 Å². The van der Waals surface area contributed by atoms with Crippen molar-refractivity contribution in [2.75, 3.05) is 13.1 Å². The highest BCUT2D eigenvalue weighted by molar-refractivity contribution is 9.10. The third kappa shape index (κ3) is 3.38. The molecule has 2 aliphatic heterocycles. The summed E-state index contributed by atoms with van der Waals surface area (Å²) in [7, 11) is 0. The second kappa shape index (κ2) is 6.78. The van der Waals surface area contributed by atoms with Crippen LogP contribution in [0.4, 0.5) is 0 Å². The molecule has 2 atom stereocenters. The number of hydrogen-bond acceptors (Lipinski definition) is 2. The summed E-state index contributed by atoms with van der Waals surface area (Å²) < 4.78 is 1.00. The maximum atomic E-state index is 6.09. The summed E-state index contributed by atoms with van der Waals surface area (Å²) in [4.78, 5) is 2.67. The lowest BCUT2D eigenvalue weighted by atomic mass is 9.94. The number of hydrogen-bond donors (Lipinski definition) is 1. The van der Waals surface area contributed by atoms with Gasteiger partial charge in [0.25, 0.3) is 0 Å². The van der Waals surface area contributed by atoms with Gasteiger partial charge < -0.3 is 5.32 Å². The largest absolute Gasteiger partial charge is 0.312 e. The minimum Gasteiger partial charge on any atom is -0.312 e. The van der Waals surface area contributed by atoms with Gasteiger partial charge in [-0.05, 0) is 72.4 Å². The number of nitrogens with one attached hydrogen (secondary N) is 1. The predicted molar refractivity (Wildman–Crippen MR) is 88.2 cm³/mol. The molecule has 0 aliphatic carbocycles. The van der Waals surface area contributed by atoms with Gasteiger partial charge in [0.1, 0.15) is 0 Å². The fraction of sp³-hybridized carbons (Fsp3) is 0.625. The summed E-state index contributed by atoms with van der Waals surface area (Å²) in [6.07, 6.45) is 6.72. The zero-order chi connectivity index (χ0) is 13.9. The van der Waals surface area contributed by atoms with Crippen LogP contribution in [0.3, 0.4) is 0 Å². The molecule has 3 rings (SSSR count). The van der Waals surface area contributed by atoms with E-state index < -0.39 is 0 Å².